The van der Waals surface area contributed by atoms with Crippen LogP contribution >= 0.6 is 0 Å². The lowest BCUT2D eigenvalue weighted by Gasteiger charge is -2.04. The zero-order valence-electron chi connectivity index (χ0n) is 13.9. The third-order valence-corrected chi connectivity index (χ3v) is 5.20. The Morgan fingerprint density at radius 1 is 0.696 bits per heavy atom. The third-order valence-electron chi connectivity index (χ3n) is 3.39. The van der Waals surface area contributed by atoms with Gasteiger partial charge in [-0.25, -0.2) is 4.18 Å². The highest BCUT2D eigenvalue weighted by molar-refractivity contribution is 7.94. The molecule has 0 aromatic carbocycles. The van der Waals surface area contributed by atoms with Gasteiger partial charge in [0.2, 0.25) is 0 Å². The fourth-order valence-electron chi connectivity index (χ4n) is 2.23. The van der Waals surface area contributed by atoms with Gasteiger partial charge in [0.25, 0.3) is 0 Å². The Morgan fingerprint density at radius 3 is 1.48 bits per heavy atom. The number of hydrogen-bond donors (Lipinski definition) is 1. The van der Waals surface area contributed by atoms with Crippen molar-refractivity contribution in [1.29, 1.82) is 0 Å². The second-order valence-electron chi connectivity index (χ2n) is 5.62. The summed E-state index contributed by atoms with van der Waals surface area (Å²) in [5.41, 5.74) is 0. The normalized spacial score (nSPS) is 12.6. The van der Waals surface area contributed by atoms with E-state index in [0.717, 1.165) is 19.3 Å². The van der Waals surface area contributed by atoms with E-state index < -0.39 is 20.8 Å². The summed E-state index contributed by atoms with van der Waals surface area (Å²) in [6, 6.07) is 0. The van der Waals surface area contributed by atoms with E-state index >= 15 is 0 Å². The molecule has 0 aromatic heterocycles. The summed E-state index contributed by atoms with van der Waals surface area (Å²) >= 11 is 0. The van der Waals surface area contributed by atoms with Crippen LogP contribution in [0.4, 0.5) is 0 Å². The first-order chi connectivity index (χ1) is 10.8. The molecule has 1 N–H and O–H groups in total. The van der Waals surface area contributed by atoms with Gasteiger partial charge in [-0.05, 0) is 6.42 Å². The molecule has 0 fully saturated rings. The van der Waals surface area contributed by atoms with Crippen molar-refractivity contribution in [2.24, 2.45) is 0 Å². The third kappa shape index (κ3) is 18.0. The standard InChI is InChI=1S/C14H30O7S2/c1-2-3-4-5-6-7-8-9-10-11-12-13-14-20-23(18,19)21-22(15,16)17/h2-14H2,1H3,(H,15,16,17). The number of hydrogen-bond acceptors (Lipinski definition) is 6. The van der Waals surface area contributed by atoms with Crippen LogP contribution in [-0.4, -0.2) is 28.0 Å². The molecule has 0 saturated carbocycles. The minimum absolute atomic E-state index is 0.157. The van der Waals surface area contributed by atoms with Gasteiger partial charge in [0.15, 0.2) is 0 Å². The molecule has 0 saturated heterocycles. The van der Waals surface area contributed by atoms with Crippen molar-refractivity contribution in [2.45, 2.75) is 84.0 Å². The van der Waals surface area contributed by atoms with E-state index in [9.17, 15) is 16.8 Å². The molecule has 7 nitrogen and oxygen atoms in total. The van der Waals surface area contributed by atoms with E-state index in [1.165, 1.54) is 51.4 Å². The maximum absolute atomic E-state index is 11.0. The monoisotopic (exact) mass is 374 g/mol. The van der Waals surface area contributed by atoms with E-state index in [4.69, 9.17) is 4.55 Å². The second kappa shape index (κ2) is 13.1. The molecule has 0 spiro atoms. The minimum Gasteiger partial charge on any atom is -0.263 e. The Balaban J connectivity index is 3.37. The first-order valence-electron chi connectivity index (χ1n) is 8.35. The second-order valence-corrected chi connectivity index (χ2v) is 8.07. The lowest BCUT2D eigenvalue weighted by Crippen LogP contribution is -2.15. The average Bonchev–Trinajstić information content (AvgIpc) is 2.41. The smallest absolute Gasteiger partial charge is 0.263 e. The summed E-state index contributed by atoms with van der Waals surface area (Å²) < 4.78 is 58.4. The van der Waals surface area contributed by atoms with Crippen LogP contribution in [-0.2, 0) is 28.6 Å². The highest BCUT2D eigenvalue weighted by atomic mass is 32.3. The van der Waals surface area contributed by atoms with E-state index in [1.54, 1.807) is 0 Å². The predicted octanol–water partition coefficient (Wildman–Crippen LogP) is 3.77. The molecular weight excluding hydrogens is 344 g/mol. The first kappa shape index (κ1) is 22.8. The summed E-state index contributed by atoms with van der Waals surface area (Å²) in [5.74, 6) is 0. The van der Waals surface area contributed by atoms with Crippen molar-refractivity contribution in [3.63, 3.8) is 0 Å². The molecule has 0 aliphatic carbocycles. The van der Waals surface area contributed by atoms with E-state index in [0.29, 0.717) is 6.42 Å². The van der Waals surface area contributed by atoms with Crippen LogP contribution in [0.5, 0.6) is 0 Å². The maximum Gasteiger partial charge on any atom is 0.416 e. The molecule has 0 heterocycles. The summed E-state index contributed by atoms with van der Waals surface area (Å²) in [4.78, 5) is 0. The van der Waals surface area contributed by atoms with Crippen molar-refractivity contribution in [3.8, 4) is 0 Å². The van der Waals surface area contributed by atoms with Gasteiger partial charge >= 0.3 is 20.8 Å². The minimum atomic E-state index is -5.06. The van der Waals surface area contributed by atoms with Crippen LogP contribution in [0.1, 0.15) is 84.0 Å². The molecule has 0 aliphatic heterocycles. The van der Waals surface area contributed by atoms with E-state index in [1.807, 2.05) is 0 Å². The van der Waals surface area contributed by atoms with Crippen LogP contribution in [0, 0.1) is 0 Å². The van der Waals surface area contributed by atoms with Gasteiger partial charge in [0.05, 0.1) is 6.61 Å². The quantitative estimate of drug-likeness (QED) is 0.324. The van der Waals surface area contributed by atoms with E-state index in [2.05, 4.69) is 14.7 Å². The van der Waals surface area contributed by atoms with Gasteiger partial charge in [-0.2, -0.15) is 16.8 Å². The molecule has 0 aliphatic rings. The van der Waals surface area contributed by atoms with Crippen LogP contribution in [0.3, 0.4) is 0 Å². The van der Waals surface area contributed by atoms with Gasteiger partial charge in [-0.1, -0.05) is 77.6 Å². The topological polar surface area (TPSA) is 107 Å². The van der Waals surface area contributed by atoms with Crippen LogP contribution < -0.4 is 0 Å². The molecule has 0 atom stereocenters. The Bertz CT molecular complexity index is 471. The number of unbranched alkanes of at least 4 members (excludes halogenated alkanes) is 11. The lowest BCUT2D eigenvalue weighted by molar-refractivity contribution is 0.258. The van der Waals surface area contributed by atoms with E-state index in [-0.39, 0.29) is 6.61 Å². The van der Waals surface area contributed by atoms with Crippen LogP contribution in [0.2, 0.25) is 0 Å². The van der Waals surface area contributed by atoms with Crippen molar-refractivity contribution in [1.82, 2.24) is 0 Å². The van der Waals surface area contributed by atoms with Gasteiger partial charge in [-0.15, -0.1) is 3.63 Å². The van der Waals surface area contributed by atoms with Crippen molar-refractivity contribution in [2.75, 3.05) is 6.61 Å². The Labute approximate surface area is 141 Å². The fourth-order valence-corrected chi connectivity index (χ4v) is 3.55. The van der Waals surface area contributed by atoms with Gasteiger partial charge in [0.1, 0.15) is 0 Å². The molecular formula is C14H30O7S2. The van der Waals surface area contributed by atoms with Crippen LogP contribution in [0.15, 0.2) is 0 Å². The molecule has 140 valence electrons. The summed E-state index contributed by atoms with van der Waals surface area (Å²) in [7, 11) is -9.75. The Morgan fingerprint density at radius 2 is 1.09 bits per heavy atom. The van der Waals surface area contributed by atoms with Gasteiger partial charge < -0.3 is 0 Å². The average molecular weight is 375 g/mol. The highest BCUT2D eigenvalue weighted by Crippen LogP contribution is 2.12. The summed E-state index contributed by atoms with van der Waals surface area (Å²) in [6.45, 7) is 2.05. The first-order valence-corrected chi connectivity index (χ1v) is 11.0. The molecule has 0 aromatic rings. The largest absolute Gasteiger partial charge is 0.416 e. The van der Waals surface area contributed by atoms with Crippen molar-refractivity contribution in [3.05, 3.63) is 0 Å². The number of rotatable bonds is 16. The Hall–Kier alpha value is -0.220. The highest BCUT2D eigenvalue weighted by Gasteiger charge is 2.20. The SMILES string of the molecule is CCCCCCCCCCCCCCOS(=O)(=O)OS(=O)(=O)O. The lowest BCUT2D eigenvalue weighted by atomic mass is 10.1. The predicted molar refractivity (Wildman–Crippen MR) is 88.6 cm³/mol. The summed E-state index contributed by atoms with van der Waals surface area (Å²) in [5, 5.41) is 0. The van der Waals surface area contributed by atoms with Gasteiger partial charge in [-0.3, -0.25) is 4.55 Å². The zero-order chi connectivity index (χ0) is 17.6. The molecule has 0 amide bonds. The molecule has 0 rings (SSSR count). The molecule has 9 heteroatoms. The van der Waals surface area contributed by atoms with Crippen LogP contribution in [0.25, 0.3) is 0 Å². The fraction of sp³-hybridized carbons (Fsp3) is 1.00. The molecule has 0 unspecified atom stereocenters. The summed E-state index contributed by atoms with van der Waals surface area (Å²) in [6.07, 6.45) is 13.6. The van der Waals surface area contributed by atoms with Crippen molar-refractivity contribution < 1.29 is 29.2 Å². The maximum atomic E-state index is 11.0. The molecule has 0 bridgehead atoms. The zero-order valence-corrected chi connectivity index (χ0v) is 15.5. The Kier molecular flexibility index (Phi) is 13.0. The van der Waals surface area contributed by atoms with Gasteiger partial charge in [0, 0.05) is 0 Å². The molecule has 0 radical (unpaired) electrons. The van der Waals surface area contributed by atoms with Crippen molar-refractivity contribution >= 4 is 20.8 Å². The molecule has 23 heavy (non-hydrogen) atoms.